The molecular formula is C12H14S2. The molecule has 74 valence electrons. The second-order valence-corrected chi connectivity index (χ2v) is 6.29. The Morgan fingerprint density at radius 1 is 1.07 bits per heavy atom. The van der Waals surface area contributed by atoms with Gasteiger partial charge in [-0.2, -0.15) is 0 Å². The fourth-order valence-electron chi connectivity index (χ4n) is 1.28. The molecule has 0 radical (unpaired) electrons. The first-order valence-corrected chi connectivity index (χ1v) is 6.46. The summed E-state index contributed by atoms with van der Waals surface area (Å²) in [5, 5.41) is 4.40. The van der Waals surface area contributed by atoms with Crippen LogP contribution in [0.3, 0.4) is 0 Å². The summed E-state index contributed by atoms with van der Waals surface area (Å²) in [6.07, 6.45) is 0. The minimum atomic E-state index is 0.270. The van der Waals surface area contributed by atoms with Gasteiger partial charge in [-0.1, -0.05) is 26.8 Å². The van der Waals surface area contributed by atoms with Gasteiger partial charge in [-0.25, -0.2) is 0 Å². The molecule has 2 heteroatoms. The molecular weight excluding hydrogens is 208 g/mol. The third-order valence-electron chi connectivity index (χ3n) is 2.23. The van der Waals surface area contributed by atoms with Gasteiger partial charge in [-0.3, -0.25) is 0 Å². The van der Waals surface area contributed by atoms with E-state index < -0.39 is 0 Å². The number of hydrogen-bond acceptors (Lipinski definition) is 2. The maximum Gasteiger partial charge on any atom is 0.0445 e. The van der Waals surface area contributed by atoms with E-state index in [2.05, 4.69) is 49.7 Å². The zero-order valence-corrected chi connectivity index (χ0v) is 10.3. The summed E-state index contributed by atoms with van der Waals surface area (Å²) in [4.78, 5) is 2.77. The van der Waals surface area contributed by atoms with E-state index in [0.29, 0.717) is 0 Å². The van der Waals surface area contributed by atoms with Gasteiger partial charge in [-0.05, 0) is 33.9 Å². The molecule has 0 saturated carbocycles. The van der Waals surface area contributed by atoms with E-state index in [-0.39, 0.29) is 5.41 Å². The van der Waals surface area contributed by atoms with Gasteiger partial charge in [0, 0.05) is 9.75 Å². The zero-order valence-electron chi connectivity index (χ0n) is 8.70. The minimum Gasteiger partial charge on any atom is -0.143 e. The highest BCUT2D eigenvalue weighted by molar-refractivity contribution is 7.20. The van der Waals surface area contributed by atoms with E-state index in [9.17, 15) is 0 Å². The van der Waals surface area contributed by atoms with Crippen LogP contribution in [0.15, 0.2) is 29.0 Å². The summed E-state index contributed by atoms with van der Waals surface area (Å²) in [5.74, 6) is 0. The highest BCUT2D eigenvalue weighted by atomic mass is 32.1. The molecule has 2 rings (SSSR count). The summed E-state index contributed by atoms with van der Waals surface area (Å²) < 4.78 is 0. The third-order valence-corrected chi connectivity index (χ3v) is 4.23. The largest absolute Gasteiger partial charge is 0.143 e. The summed E-state index contributed by atoms with van der Waals surface area (Å²) in [7, 11) is 0. The molecule has 0 saturated heterocycles. The van der Waals surface area contributed by atoms with E-state index in [0.717, 1.165) is 0 Å². The van der Waals surface area contributed by atoms with E-state index in [4.69, 9.17) is 0 Å². The molecule has 0 bridgehead atoms. The summed E-state index contributed by atoms with van der Waals surface area (Å²) >= 11 is 3.65. The van der Waals surface area contributed by atoms with E-state index >= 15 is 0 Å². The van der Waals surface area contributed by atoms with Crippen LogP contribution in [0.25, 0.3) is 9.75 Å². The molecule has 14 heavy (non-hydrogen) atoms. The molecule has 2 heterocycles. The molecule has 2 aromatic rings. The fraction of sp³-hybridized carbons (Fsp3) is 0.333. The Morgan fingerprint density at radius 3 is 2.36 bits per heavy atom. The average molecular weight is 222 g/mol. The first-order valence-electron chi connectivity index (χ1n) is 4.70. The fourth-order valence-corrected chi connectivity index (χ4v) is 3.26. The van der Waals surface area contributed by atoms with Gasteiger partial charge < -0.3 is 0 Å². The lowest BCUT2D eigenvalue weighted by atomic mass is 9.89. The molecule has 0 aliphatic heterocycles. The Bertz CT molecular complexity index is 402. The van der Waals surface area contributed by atoms with Gasteiger partial charge >= 0.3 is 0 Å². The van der Waals surface area contributed by atoms with Crippen LogP contribution >= 0.6 is 22.7 Å². The highest BCUT2D eigenvalue weighted by Gasteiger charge is 2.15. The Hall–Kier alpha value is -0.600. The zero-order chi connectivity index (χ0) is 10.2. The molecule has 0 aromatic carbocycles. The molecule has 0 aliphatic carbocycles. The molecule has 0 spiro atoms. The van der Waals surface area contributed by atoms with Gasteiger partial charge in [0.2, 0.25) is 0 Å². The second-order valence-electron chi connectivity index (χ2n) is 4.43. The van der Waals surface area contributed by atoms with Crippen molar-refractivity contribution in [1.29, 1.82) is 0 Å². The van der Waals surface area contributed by atoms with E-state index in [1.54, 1.807) is 0 Å². The summed E-state index contributed by atoms with van der Waals surface area (Å²) in [6, 6.07) is 6.61. The quantitative estimate of drug-likeness (QED) is 0.651. The van der Waals surface area contributed by atoms with Crippen molar-refractivity contribution in [2.75, 3.05) is 0 Å². The highest BCUT2D eigenvalue weighted by Crippen LogP contribution is 2.35. The summed E-state index contributed by atoms with van der Waals surface area (Å²) in [5.41, 5.74) is 1.71. The summed E-state index contributed by atoms with van der Waals surface area (Å²) in [6.45, 7) is 6.77. The Morgan fingerprint density at radius 2 is 1.86 bits per heavy atom. The predicted molar refractivity (Wildman–Crippen MR) is 66.3 cm³/mol. The van der Waals surface area contributed by atoms with Gasteiger partial charge in [0.05, 0.1) is 0 Å². The number of hydrogen-bond donors (Lipinski definition) is 0. The van der Waals surface area contributed by atoms with E-state index in [1.807, 2.05) is 22.7 Å². The standard InChI is InChI=1S/C12H14S2/c1-12(2,3)9-7-11(14-8-9)10-5-4-6-13-10/h4-8H,1-3H3. The molecule has 0 amide bonds. The second kappa shape index (κ2) is 3.52. The van der Waals surface area contributed by atoms with Gasteiger partial charge in [0.1, 0.15) is 0 Å². The van der Waals surface area contributed by atoms with Crippen molar-refractivity contribution in [3.63, 3.8) is 0 Å². The number of thiophene rings is 2. The first kappa shape index (κ1) is 9.94. The normalized spacial score (nSPS) is 11.9. The Kier molecular flexibility index (Phi) is 2.50. The van der Waals surface area contributed by atoms with Crippen LogP contribution < -0.4 is 0 Å². The topological polar surface area (TPSA) is 0 Å². The van der Waals surface area contributed by atoms with Crippen molar-refractivity contribution in [3.05, 3.63) is 34.5 Å². The van der Waals surface area contributed by atoms with Gasteiger partial charge in [0.15, 0.2) is 0 Å². The molecule has 0 nitrogen and oxygen atoms in total. The van der Waals surface area contributed by atoms with Crippen molar-refractivity contribution in [3.8, 4) is 9.75 Å². The van der Waals surface area contributed by atoms with Crippen LogP contribution in [0.1, 0.15) is 26.3 Å². The van der Waals surface area contributed by atoms with Crippen LogP contribution in [0, 0.1) is 0 Å². The van der Waals surface area contributed by atoms with Crippen LogP contribution in [0.4, 0.5) is 0 Å². The Labute approximate surface area is 93.2 Å². The predicted octanol–water partition coefficient (Wildman–Crippen LogP) is 4.77. The molecule has 0 N–H and O–H groups in total. The lowest BCUT2D eigenvalue weighted by molar-refractivity contribution is 0.593. The maximum absolute atomic E-state index is 2.32. The molecule has 2 aromatic heterocycles. The Balaban J connectivity index is 2.36. The van der Waals surface area contributed by atoms with Crippen LogP contribution in [0.5, 0.6) is 0 Å². The molecule has 0 aliphatic rings. The number of rotatable bonds is 1. The van der Waals surface area contributed by atoms with Crippen molar-refractivity contribution in [2.45, 2.75) is 26.2 Å². The first-order chi connectivity index (χ1) is 6.57. The maximum atomic E-state index is 2.32. The lowest BCUT2D eigenvalue weighted by Gasteiger charge is -2.15. The van der Waals surface area contributed by atoms with Gasteiger partial charge in [-0.15, -0.1) is 22.7 Å². The average Bonchev–Trinajstić information content (AvgIpc) is 2.73. The van der Waals surface area contributed by atoms with Crippen molar-refractivity contribution >= 4 is 22.7 Å². The molecule has 0 fully saturated rings. The molecule has 0 atom stereocenters. The van der Waals surface area contributed by atoms with Gasteiger partial charge in [0.25, 0.3) is 0 Å². The monoisotopic (exact) mass is 222 g/mol. The lowest BCUT2D eigenvalue weighted by Crippen LogP contribution is -2.08. The minimum absolute atomic E-state index is 0.270. The smallest absolute Gasteiger partial charge is 0.0445 e. The van der Waals surface area contributed by atoms with Crippen LogP contribution in [0.2, 0.25) is 0 Å². The van der Waals surface area contributed by atoms with Crippen LogP contribution in [-0.2, 0) is 5.41 Å². The van der Waals surface area contributed by atoms with Crippen molar-refractivity contribution in [2.24, 2.45) is 0 Å². The van der Waals surface area contributed by atoms with Crippen molar-refractivity contribution in [1.82, 2.24) is 0 Å². The van der Waals surface area contributed by atoms with E-state index in [1.165, 1.54) is 15.3 Å². The third kappa shape index (κ3) is 1.91. The SMILES string of the molecule is CC(C)(C)c1csc(-c2cccs2)c1. The molecule has 0 unspecified atom stereocenters. The van der Waals surface area contributed by atoms with Crippen molar-refractivity contribution < 1.29 is 0 Å². The van der Waals surface area contributed by atoms with Crippen LogP contribution in [-0.4, -0.2) is 0 Å².